The van der Waals surface area contributed by atoms with Crippen molar-refractivity contribution in [1.29, 1.82) is 0 Å². The zero-order valence-corrected chi connectivity index (χ0v) is 15.8. The van der Waals surface area contributed by atoms with E-state index in [1.807, 2.05) is 0 Å². The predicted molar refractivity (Wildman–Crippen MR) is 87.8 cm³/mol. The minimum absolute atomic E-state index is 0.00232. The van der Waals surface area contributed by atoms with Gasteiger partial charge in [0.2, 0.25) is 0 Å². The van der Waals surface area contributed by atoms with Crippen LogP contribution in [0.1, 0.15) is 13.8 Å². The number of hydrogen-bond acceptors (Lipinski definition) is 7. The van der Waals surface area contributed by atoms with Gasteiger partial charge in [-0.15, -0.1) is 0 Å². The molecule has 24 heavy (non-hydrogen) atoms. The lowest BCUT2D eigenvalue weighted by molar-refractivity contribution is 0.112. The van der Waals surface area contributed by atoms with E-state index in [0.717, 1.165) is 0 Å². The molecule has 0 N–H and O–H groups in total. The summed E-state index contributed by atoms with van der Waals surface area (Å²) in [5.41, 5.74) is 0. The molecule has 0 radical (unpaired) electrons. The van der Waals surface area contributed by atoms with Gasteiger partial charge in [-0.05, 0) is 25.6 Å². The highest BCUT2D eigenvalue weighted by Gasteiger charge is 2.55. The van der Waals surface area contributed by atoms with E-state index in [4.69, 9.17) is 23.3 Å². The zero-order chi connectivity index (χ0) is 18.4. The molecule has 1 rings (SSSR count). The molecule has 1 aromatic carbocycles. The van der Waals surface area contributed by atoms with Crippen molar-refractivity contribution in [2.75, 3.05) is 34.5 Å². The molecular formula is C14H21F2O6PS. The molecule has 138 valence electrons. The molecule has 0 aliphatic carbocycles. The van der Waals surface area contributed by atoms with Gasteiger partial charge in [0.25, 0.3) is 0 Å². The van der Waals surface area contributed by atoms with Crippen LogP contribution in [-0.4, -0.2) is 39.5 Å². The monoisotopic (exact) mass is 386 g/mol. The van der Waals surface area contributed by atoms with Crippen LogP contribution in [0.15, 0.2) is 17.0 Å². The maximum absolute atomic E-state index is 14.7. The van der Waals surface area contributed by atoms with E-state index >= 15 is 0 Å². The van der Waals surface area contributed by atoms with Crippen LogP contribution in [0.2, 0.25) is 0 Å². The lowest BCUT2D eigenvalue weighted by Crippen LogP contribution is -2.16. The smallest absolute Gasteiger partial charge is 0.410 e. The molecule has 0 amide bonds. The molecule has 0 fully saturated rings. The number of hydrogen-bond donors (Lipinski definition) is 0. The summed E-state index contributed by atoms with van der Waals surface area (Å²) >= 11 is 0.00232. The predicted octanol–water partition coefficient (Wildman–Crippen LogP) is 4.62. The van der Waals surface area contributed by atoms with Gasteiger partial charge >= 0.3 is 12.6 Å². The lowest BCUT2D eigenvalue weighted by Gasteiger charge is -2.26. The van der Waals surface area contributed by atoms with Crippen LogP contribution in [0.3, 0.4) is 0 Å². The van der Waals surface area contributed by atoms with Gasteiger partial charge < -0.3 is 23.3 Å². The van der Waals surface area contributed by atoms with Crippen LogP contribution in [0.25, 0.3) is 0 Å². The molecule has 0 saturated carbocycles. The SMILES string of the molecule is CCOP(=O)(OCC)C(F)(F)Sc1c(OC)cc(OC)cc1OC. The van der Waals surface area contributed by atoms with Gasteiger partial charge in [0.1, 0.15) is 17.2 Å². The van der Waals surface area contributed by atoms with Gasteiger partial charge in [-0.1, -0.05) is 0 Å². The van der Waals surface area contributed by atoms with Crippen LogP contribution in [0, 0.1) is 0 Å². The Morgan fingerprint density at radius 1 is 1.00 bits per heavy atom. The number of methoxy groups -OCH3 is 3. The summed E-state index contributed by atoms with van der Waals surface area (Å²) in [5, 5.41) is 0. The van der Waals surface area contributed by atoms with E-state index in [2.05, 4.69) is 0 Å². The Balaban J connectivity index is 3.33. The Labute approximate surface area is 144 Å². The molecule has 0 atom stereocenters. The fourth-order valence-corrected chi connectivity index (χ4v) is 4.60. The van der Waals surface area contributed by atoms with Gasteiger partial charge in [-0.25, -0.2) is 0 Å². The minimum atomic E-state index is -4.68. The molecular weight excluding hydrogens is 365 g/mol. The number of thioether (sulfide) groups is 1. The van der Waals surface area contributed by atoms with Gasteiger partial charge in [0, 0.05) is 12.1 Å². The molecule has 0 unspecified atom stereocenters. The fraction of sp³-hybridized carbons (Fsp3) is 0.571. The van der Waals surface area contributed by atoms with Crippen LogP contribution in [-0.2, 0) is 13.6 Å². The van der Waals surface area contributed by atoms with Crippen LogP contribution in [0.4, 0.5) is 8.78 Å². The third-order valence-electron chi connectivity index (χ3n) is 2.81. The van der Waals surface area contributed by atoms with Crippen molar-refractivity contribution in [2.24, 2.45) is 0 Å². The number of ether oxygens (including phenoxy) is 3. The fourth-order valence-electron chi connectivity index (χ4n) is 1.78. The Kier molecular flexibility index (Phi) is 7.79. The van der Waals surface area contributed by atoms with E-state index < -0.39 is 12.6 Å². The molecule has 0 spiro atoms. The van der Waals surface area contributed by atoms with E-state index in [9.17, 15) is 13.3 Å². The second-order valence-corrected chi connectivity index (χ2v) is 7.78. The normalized spacial score (nSPS) is 12.1. The van der Waals surface area contributed by atoms with Gasteiger partial charge in [-0.2, -0.15) is 8.78 Å². The Morgan fingerprint density at radius 2 is 1.46 bits per heavy atom. The molecule has 1 aromatic rings. The highest BCUT2D eigenvalue weighted by Crippen LogP contribution is 2.69. The molecule has 0 bridgehead atoms. The van der Waals surface area contributed by atoms with Crippen molar-refractivity contribution in [3.63, 3.8) is 0 Å². The van der Waals surface area contributed by atoms with Crippen molar-refractivity contribution >= 4 is 19.4 Å². The van der Waals surface area contributed by atoms with Crippen molar-refractivity contribution in [1.82, 2.24) is 0 Å². The van der Waals surface area contributed by atoms with Crippen LogP contribution < -0.4 is 14.2 Å². The number of rotatable bonds is 10. The van der Waals surface area contributed by atoms with Crippen LogP contribution >= 0.6 is 19.4 Å². The van der Waals surface area contributed by atoms with Crippen molar-refractivity contribution in [3.05, 3.63) is 12.1 Å². The summed E-state index contributed by atoms with van der Waals surface area (Å²) in [6.45, 7) is 2.57. The first kappa shape index (κ1) is 21.0. The highest BCUT2D eigenvalue weighted by atomic mass is 32.2. The van der Waals surface area contributed by atoms with Crippen molar-refractivity contribution in [2.45, 2.75) is 23.7 Å². The van der Waals surface area contributed by atoms with Crippen molar-refractivity contribution < 1.29 is 36.6 Å². The molecule has 10 heteroatoms. The zero-order valence-electron chi connectivity index (χ0n) is 14.1. The summed E-state index contributed by atoms with van der Waals surface area (Å²) < 4.78 is 66.6. The number of halogens is 2. The Hall–Kier alpha value is -1.02. The standard InChI is InChI=1S/C14H21F2O6PS/c1-6-21-23(17,22-7-2)14(15,16)24-13-11(19-4)8-10(18-3)9-12(13)20-5/h8-9H,6-7H2,1-5H3. The Bertz CT molecular complexity index is 564. The molecule has 0 aliphatic rings. The van der Waals surface area contributed by atoms with Crippen molar-refractivity contribution in [3.8, 4) is 17.2 Å². The molecule has 6 nitrogen and oxygen atoms in total. The second kappa shape index (κ2) is 8.89. The first-order chi connectivity index (χ1) is 11.3. The van der Waals surface area contributed by atoms with E-state index in [-0.39, 0.29) is 41.4 Å². The molecule has 0 heterocycles. The first-order valence-corrected chi connectivity index (χ1v) is 9.40. The third kappa shape index (κ3) is 4.53. The maximum atomic E-state index is 14.7. The van der Waals surface area contributed by atoms with E-state index in [1.165, 1.54) is 47.3 Å². The summed E-state index contributed by atoms with van der Waals surface area (Å²) in [6.07, 6.45) is 0. The summed E-state index contributed by atoms with van der Waals surface area (Å²) in [6, 6.07) is 2.85. The van der Waals surface area contributed by atoms with E-state index in [1.54, 1.807) is 0 Å². The minimum Gasteiger partial charge on any atom is -0.496 e. The molecule has 0 aromatic heterocycles. The quantitative estimate of drug-likeness (QED) is 0.429. The highest BCUT2D eigenvalue weighted by molar-refractivity contribution is 8.06. The van der Waals surface area contributed by atoms with Crippen LogP contribution in [0.5, 0.6) is 17.2 Å². The summed E-state index contributed by atoms with van der Waals surface area (Å²) in [5.74, 6) is 0.556. The summed E-state index contributed by atoms with van der Waals surface area (Å²) in [7, 11) is -0.614. The summed E-state index contributed by atoms with van der Waals surface area (Å²) in [4.78, 5) is -3.88. The number of alkyl halides is 2. The molecule has 0 aliphatic heterocycles. The maximum Gasteiger partial charge on any atom is 0.410 e. The number of benzene rings is 1. The largest absolute Gasteiger partial charge is 0.496 e. The lowest BCUT2D eigenvalue weighted by atomic mass is 10.3. The average molecular weight is 386 g/mol. The topological polar surface area (TPSA) is 63.2 Å². The second-order valence-electron chi connectivity index (χ2n) is 4.28. The van der Waals surface area contributed by atoms with Gasteiger partial charge in [0.05, 0.1) is 39.4 Å². The average Bonchev–Trinajstić information content (AvgIpc) is 2.54. The Morgan fingerprint density at radius 3 is 1.79 bits per heavy atom. The van der Waals surface area contributed by atoms with Gasteiger partial charge in [0.15, 0.2) is 0 Å². The first-order valence-electron chi connectivity index (χ1n) is 7.04. The third-order valence-corrected chi connectivity index (χ3v) is 6.44. The van der Waals surface area contributed by atoms with E-state index in [0.29, 0.717) is 5.75 Å². The van der Waals surface area contributed by atoms with Gasteiger partial charge in [-0.3, -0.25) is 4.57 Å². The molecule has 0 saturated heterocycles.